The third kappa shape index (κ3) is 3.45. The van der Waals surface area contributed by atoms with E-state index in [4.69, 9.17) is 4.74 Å². The molecule has 2 aromatic carbocycles. The molecule has 0 fully saturated rings. The largest absolute Gasteiger partial charge is 0.491 e. The second-order valence-corrected chi connectivity index (χ2v) is 7.06. The van der Waals surface area contributed by atoms with E-state index in [1.165, 1.54) is 12.1 Å². The van der Waals surface area contributed by atoms with Crippen LogP contribution in [0.2, 0.25) is 0 Å². The van der Waals surface area contributed by atoms with Gasteiger partial charge in [-0.1, -0.05) is 0 Å². The number of sulfonamides is 1. The third-order valence-electron chi connectivity index (χ3n) is 3.18. The van der Waals surface area contributed by atoms with Crippen LogP contribution in [0, 0.1) is 0 Å². The lowest BCUT2D eigenvalue weighted by Crippen LogP contribution is -2.13. The summed E-state index contributed by atoms with van der Waals surface area (Å²) in [6.07, 6.45) is 1.60. The second kappa shape index (κ2) is 5.92. The van der Waals surface area contributed by atoms with E-state index in [2.05, 4.69) is 14.7 Å². The highest BCUT2D eigenvalue weighted by atomic mass is 32.2. The van der Waals surface area contributed by atoms with Gasteiger partial charge in [0.25, 0.3) is 10.0 Å². The number of imidazole rings is 1. The van der Waals surface area contributed by atoms with Crippen LogP contribution in [0.5, 0.6) is 5.75 Å². The highest BCUT2D eigenvalue weighted by Crippen LogP contribution is 2.21. The minimum Gasteiger partial charge on any atom is -0.491 e. The van der Waals surface area contributed by atoms with E-state index >= 15 is 0 Å². The topological polar surface area (TPSA) is 84.1 Å². The summed E-state index contributed by atoms with van der Waals surface area (Å²) in [5.41, 5.74) is 2.03. The number of hydrogen-bond donors (Lipinski definition) is 2. The van der Waals surface area contributed by atoms with Crippen molar-refractivity contribution in [1.82, 2.24) is 9.97 Å². The Morgan fingerprint density at radius 3 is 2.57 bits per heavy atom. The maximum Gasteiger partial charge on any atom is 0.261 e. The first-order valence-electron chi connectivity index (χ1n) is 7.17. The predicted molar refractivity (Wildman–Crippen MR) is 89.1 cm³/mol. The van der Waals surface area contributed by atoms with Crippen LogP contribution in [0.15, 0.2) is 53.7 Å². The van der Waals surface area contributed by atoms with E-state index in [0.717, 1.165) is 11.0 Å². The molecule has 0 unspecified atom stereocenters. The lowest BCUT2D eigenvalue weighted by Gasteiger charge is -2.11. The average Bonchev–Trinajstić information content (AvgIpc) is 2.94. The molecule has 0 atom stereocenters. The molecule has 0 aliphatic rings. The SMILES string of the molecule is CC(C)Oc1ccc(S(=O)(=O)Nc2ccc3nc[nH]c3c2)cc1. The molecule has 1 heterocycles. The Hall–Kier alpha value is -2.54. The van der Waals surface area contributed by atoms with Gasteiger partial charge < -0.3 is 9.72 Å². The molecule has 1 aromatic heterocycles. The Labute approximate surface area is 134 Å². The highest BCUT2D eigenvalue weighted by Gasteiger charge is 2.15. The van der Waals surface area contributed by atoms with E-state index in [-0.39, 0.29) is 11.0 Å². The average molecular weight is 331 g/mol. The fraction of sp³-hybridized carbons (Fsp3) is 0.188. The summed E-state index contributed by atoms with van der Waals surface area (Å²) < 4.78 is 32.9. The lowest BCUT2D eigenvalue weighted by molar-refractivity contribution is 0.242. The first-order chi connectivity index (χ1) is 10.9. The Balaban J connectivity index is 1.83. The van der Waals surface area contributed by atoms with Gasteiger partial charge in [0.15, 0.2) is 0 Å². The summed E-state index contributed by atoms with van der Waals surface area (Å²) in [4.78, 5) is 7.23. The molecule has 3 rings (SSSR count). The zero-order valence-corrected chi connectivity index (χ0v) is 13.6. The minimum absolute atomic E-state index is 0.0386. The minimum atomic E-state index is -3.65. The van der Waals surface area contributed by atoms with E-state index in [9.17, 15) is 8.42 Å². The van der Waals surface area contributed by atoms with Gasteiger partial charge in [0.1, 0.15) is 5.75 Å². The Kier molecular flexibility index (Phi) is 3.96. The van der Waals surface area contributed by atoms with Gasteiger partial charge in [0.05, 0.1) is 34.0 Å². The van der Waals surface area contributed by atoms with Gasteiger partial charge in [0.2, 0.25) is 0 Å². The van der Waals surface area contributed by atoms with E-state index in [1.54, 1.807) is 36.7 Å². The molecule has 0 saturated carbocycles. The highest BCUT2D eigenvalue weighted by molar-refractivity contribution is 7.92. The smallest absolute Gasteiger partial charge is 0.261 e. The molecule has 0 spiro atoms. The quantitative estimate of drug-likeness (QED) is 0.752. The van der Waals surface area contributed by atoms with Crippen LogP contribution in [0.1, 0.15) is 13.8 Å². The number of ether oxygens (including phenoxy) is 1. The summed E-state index contributed by atoms with van der Waals surface area (Å²) in [6.45, 7) is 3.83. The van der Waals surface area contributed by atoms with Crippen molar-refractivity contribution in [2.45, 2.75) is 24.8 Å². The van der Waals surface area contributed by atoms with Crippen LogP contribution in [0.25, 0.3) is 11.0 Å². The number of benzene rings is 2. The van der Waals surface area contributed by atoms with Crippen LogP contribution >= 0.6 is 0 Å². The fourth-order valence-electron chi connectivity index (χ4n) is 2.18. The molecule has 2 N–H and O–H groups in total. The number of aromatic amines is 1. The lowest BCUT2D eigenvalue weighted by atomic mass is 10.3. The standard InChI is InChI=1S/C16H17N3O3S/c1-11(2)22-13-4-6-14(7-5-13)23(20,21)19-12-3-8-15-16(9-12)18-10-17-15/h3-11,19H,1-2H3,(H,17,18). The number of anilines is 1. The maximum atomic E-state index is 12.4. The first-order valence-corrected chi connectivity index (χ1v) is 8.65. The van der Waals surface area contributed by atoms with Crippen molar-refractivity contribution in [2.75, 3.05) is 4.72 Å². The van der Waals surface area contributed by atoms with Gasteiger partial charge >= 0.3 is 0 Å². The van der Waals surface area contributed by atoms with Crippen molar-refractivity contribution >= 4 is 26.7 Å². The van der Waals surface area contributed by atoms with E-state index < -0.39 is 10.0 Å². The molecular weight excluding hydrogens is 314 g/mol. The molecule has 3 aromatic rings. The summed E-state index contributed by atoms with van der Waals surface area (Å²) in [6, 6.07) is 11.5. The molecule has 23 heavy (non-hydrogen) atoms. The number of rotatable bonds is 5. The van der Waals surface area contributed by atoms with Crippen molar-refractivity contribution in [2.24, 2.45) is 0 Å². The molecule has 0 bridgehead atoms. The van der Waals surface area contributed by atoms with Crippen molar-refractivity contribution in [3.8, 4) is 5.75 Å². The van der Waals surface area contributed by atoms with Crippen LogP contribution in [-0.2, 0) is 10.0 Å². The molecule has 6 nitrogen and oxygen atoms in total. The summed E-state index contributed by atoms with van der Waals surface area (Å²) in [5.74, 6) is 0.637. The van der Waals surface area contributed by atoms with E-state index in [0.29, 0.717) is 11.4 Å². The second-order valence-electron chi connectivity index (χ2n) is 5.38. The Morgan fingerprint density at radius 1 is 1.13 bits per heavy atom. The monoisotopic (exact) mass is 331 g/mol. The van der Waals surface area contributed by atoms with Crippen molar-refractivity contribution in [3.05, 3.63) is 48.8 Å². The summed E-state index contributed by atoms with van der Waals surface area (Å²) >= 11 is 0. The van der Waals surface area contributed by atoms with Gasteiger partial charge in [-0.25, -0.2) is 13.4 Å². The number of H-pyrrole nitrogens is 1. The van der Waals surface area contributed by atoms with E-state index in [1.807, 2.05) is 13.8 Å². The van der Waals surface area contributed by atoms with Crippen molar-refractivity contribution in [1.29, 1.82) is 0 Å². The number of aromatic nitrogens is 2. The first kappa shape index (κ1) is 15.4. The zero-order valence-electron chi connectivity index (χ0n) is 12.8. The molecule has 7 heteroatoms. The predicted octanol–water partition coefficient (Wildman–Crippen LogP) is 3.15. The van der Waals surface area contributed by atoms with Gasteiger partial charge in [-0.2, -0.15) is 0 Å². The molecule has 120 valence electrons. The zero-order chi connectivity index (χ0) is 16.4. The van der Waals surface area contributed by atoms with Gasteiger partial charge in [-0.05, 0) is 56.3 Å². The number of nitrogens with zero attached hydrogens (tertiary/aromatic N) is 1. The molecule has 0 aliphatic carbocycles. The van der Waals surface area contributed by atoms with Crippen LogP contribution in [0.4, 0.5) is 5.69 Å². The summed E-state index contributed by atoms with van der Waals surface area (Å²) in [7, 11) is -3.65. The molecule has 0 aliphatic heterocycles. The Bertz CT molecular complexity index is 915. The van der Waals surface area contributed by atoms with Crippen molar-refractivity contribution < 1.29 is 13.2 Å². The number of hydrogen-bond acceptors (Lipinski definition) is 4. The van der Waals surface area contributed by atoms with Gasteiger partial charge in [-0.3, -0.25) is 4.72 Å². The summed E-state index contributed by atoms with van der Waals surface area (Å²) in [5, 5.41) is 0. The molecular formula is C16H17N3O3S. The van der Waals surface area contributed by atoms with Crippen LogP contribution < -0.4 is 9.46 Å². The number of fused-ring (bicyclic) bond motifs is 1. The number of nitrogens with one attached hydrogen (secondary N) is 2. The molecule has 0 amide bonds. The van der Waals surface area contributed by atoms with Gasteiger partial charge in [0, 0.05) is 0 Å². The normalized spacial score (nSPS) is 11.8. The van der Waals surface area contributed by atoms with Crippen LogP contribution in [-0.4, -0.2) is 24.5 Å². The molecule has 0 radical (unpaired) electrons. The van der Waals surface area contributed by atoms with Gasteiger partial charge in [-0.15, -0.1) is 0 Å². The molecule has 0 saturated heterocycles. The Morgan fingerprint density at radius 2 is 1.87 bits per heavy atom. The maximum absolute atomic E-state index is 12.4. The van der Waals surface area contributed by atoms with Crippen molar-refractivity contribution in [3.63, 3.8) is 0 Å². The fourth-order valence-corrected chi connectivity index (χ4v) is 3.23. The third-order valence-corrected chi connectivity index (χ3v) is 4.58. The van der Waals surface area contributed by atoms with Crippen LogP contribution in [0.3, 0.4) is 0 Å².